The molecule has 25 heavy (non-hydrogen) atoms. The molecule has 132 valence electrons. The smallest absolute Gasteiger partial charge is 0.248 e. The number of anilines is 2. The van der Waals surface area contributed by atoms with Crippen LogP contribution in [-0.4, -0.2) is 43.5 Å². The Bertz CT molecular complexity index is 731. The van der Waals surface area contributed by atoms with Gasteiger partial charge < -0.3 is 15.1 Å². The average Bonchev–Trinajstić information content (AvgIpc) is 3.14. The Morgan fingerprint density at radius 1 is 1.24 bits per heavy atom. The molecular weight excluding hydrogens is 330 g/mol. The molecule has 1 N–H and O–H groups in total. The number of aryl methyl sites for hydroxylation is 1. The van der Waals surface area contributed by atoms with E-state index in [1.807, 2.05) is 29.7 Å². The number of nitrogens with one attached hydrogen (secondary N) is 1. The molecular formula is C20H25N3OS. The molecule has 1 amide bonds. The largest absolute Gasteiger partial charge is 0.369 e. The van der Waals surface area contributed by atoms with E-state index >= 15 is 0 Å². The Morgan fingerprint density at radius 2 is 2.04 bits per heavy atom. The van der Waals surface area contributed by atoms with Crippen LogP contribution in [-0.2, 0) is 4.79 Å². The van der Waals surface area contributed by atoms with E-state index in [1.165, 1.54) is 11.3 Å². The highest BCUT2D eigenvalue weighted by molar-refractivity contribution is 7.10. The highest BCUT2D eigenvalue weighted by Gasteiger charge is 2.17. The summed E-state index contributed by atoms with van der Waals surface area (Å²) in [6.45, 7) is 9.79. The minimum absolute atomic E-state index is 0.0999. The van der Waals surface area contributed by atoms with Crippen molar-refractivity contribution in [1.82, 2.24) is 4.90 Å². The minimum Gasteiger partial charge on any atom is -0.369 e. The normalized spacial score (nSPS) is 15.7. The van der Waals surface area contributed by atoms with E-state index in [0.717, 1.165) is 43.3 Å². The van der Waals surface area contributed by atoms with Gasteiger partial charge in [0, 0.05) is 48.5 Å². The second kappa shape index (κ2) is 8.32. The fraction of sp³-hybridized carbons (Fsp3) is 0.350. The predicted octanol–water partition coefficient (Wildman–Crippen LogP) is 3.85. The van der Waals surface area contributed by atoms with Gasteiger partial charge in [0.05, 0.1) is 0 Å². The molecule has 0 bridgehead atoms. The maximum atomic E-state index is 12.1. The summed E-state index contributed by atoms with van der Waals surface area (Å²) in [5, 5.41) is 4.94. The van der Waals surface area contributed by atoms with E-state index in [1.54, 1.807) is 17.4 Å². The fourth-order valence-corrected chi connectivity index (χ4v) is 3.74. The number of hydrogen-bond donors (Lipinski definition) is 1. The number of nitrogens with zero attached hydrogens (tertiary/aromatic N) is 2. The lowest BCUT2D eigenvalue weighted by Crippen LogP contribution is -2.46. The molecule has 1 aliphatic rings. The van der Waals surface area contributed by atoms with Crippen molar-refractivity contribution in [1.29, 1.82) is 0 Å². The van der Waals surface area contributed by atoms with Crippen LogP contribution >= 0.6 is 11.3 Å². The number of rotatable bonds is 5. The zero-order valence-corrected chi connectivity index (χ0v) is 15.7. The predicted molar refractivity (Wildman–Crippen MR) is 107 cm³/mol. The topological polar surface area (TPSA) is 35.6 Å². The third kappa shape index (κ3) is 4.71. The van der Waals surface area contributed by atoms with Crippen LogP contribution in [0.5, 0.6) is 0 Å². The molecule has 5 heteroatoms. The number of piperazine rings is 1. The van der Waals surface area contributed by atoms with Crippen LogP contribution in [0.3, 0.4) is 0 Å². The first-order chi connectivity index (χ1) is 12.2. The van der Waals surface area contributed by atoms with Gasteiger partial charge in [0.2, 0.25) is 5.91 Å². The molecule has 2 heterocycles. The van der Waals surface area contributed by atoms with Crippen molar-refractivity contribution in [2.45, 2.75) is 13.8 Å². The number of likely N-dealkylation sites (N-methyl/N-ethyl adjacent to an activating group) is 1. The maximum absolute atomic E-state index is 12.1. The quantitative estimate of drug-likeness (QED) is 0.828. The minimum atomic E-state index is -0.0999. The van der Waals surface area contributed by atoms with E-state index in [9.17, 15) is 4.79 Å². The monoisotopic (exact) mass is 355 g/mol. The molecule has 0 aliphatic carbocycles. The van der Waals surface area contributed by atoms with Gasteiger partial charge in [0.1, 0.15) is 0 Å². The Labute approximate surface area is 153 Å². The first-order valence-corrected chi connectivity index (χ1v) is 9.64. The molecule has 1 aromatic heterocycles. The van der Waals surface area contributed by atoms with Gasteiger partial charge in [-0.15, -0.1) is 11.3 Å². The van der Waals surface area contributed by atoms with Crippen LogP contribution < -0.4 is 10.2 Å². The summed E-state index contributed by atoms with van der Waals surface area (Å²) >= 11 is 1.62. The van der Waals surface area contributed by atoms with E-state index in [4.69, 9.17) is 0 Å². The third-order valence-electron chi connectivity index (χ3n) is 4.57. The van der Waals surface area contributed by atoms with Gasteiger partial charge in [-0.3, -0.25) is 4.79 Å². The van der Waals surface area contributed by atoms with E-state index in [-0.39, 0.29) is 5.91 Å². The summed E-state index contributed by atoms with van der Waals surface area (Å²) in [5.41, 5.74) is 3.31. The summed E-state index contributed by atoms with van der Waals surface area (Å²) < 4.78 is 0. The summed E-state index contributed by atoms with van der Waals surface area (Å²) in [5.74, 6) is -0.0999. The molecule has 0 atom stereocenters. The van der Waals surface area contributed by atoms with Gasteiger partial charge in [-0.1, -0.05) is 13.0 Å². The number of amides is 1. The molecule has 0 unspecified atom stereocenters. The first kappa shape index (κ1) is 17.7. The van der Waals surface area contributed by atoms with Crippen molar-refractivity contribution in [2.75, 3.05) is 42.9 Å². The Hall–Kier alpha value is -2.11. The third-order valence-corrected chi connectivity index (χ3v) is 5.40. The Kier molecular flexibility index (Phi) is 5.89. The van der Waals surface area contributed by atoms with E-state index in [2.05, 4.69) is 41.1 Å². The summed E-state index contributed by atoms with van der Waals surface area (Å²) in [4.78, 5) is 18.0. The highest BCUT2D eigenvalue weighted by Crippen LogP contribution is 2.25. The molecule has 1 fully saturated rings. The van der Waals surface area contributed by atoms with Gasteiger partial charge in [0.25, 0.3) is 0 Å². The van der Waals surface area contributed by atoms with E-state index in [0.29, 0.717) is 0 Å². The second-order valence-electron chi connectivity index (χ2n) is 6.26. The summed E-state index contributed by atoms with van der Waals surface area (Å²) in [6.07, 6.45) is 3.42. The number of thiophene rings is 1. The average molecular weight is 356 g/mol. The van der Waals surface area contributed by atoms with Gasteiger partial charge in [0.15, 0.2) is 0 Å². The number of hydrogen-bond acceptors (Lipinski definition) is 4. The second-order valence-corrected chi connectivity index (χ2v) is 7.24. The highest BCUT2D eigenvalue weighted by atomic mass is 32.1. The van der Waals surface area contributed by atoms with Crippen LogP contribution in [0.1, 0.15) is 17.4 Å². The molecule has 4 nitrogen and oxygen atoms in total. The Morgan fingerprint density at radius 3 is 2.68 bits per heavy atom. The molecule has 3 rings (SSSR count). The van der Waals surface area contributed by atoms with Crippen LogP contribution in [0.15, 0.2) is 41.8 Å². The zero-order chi connectivity index (χ0) is 17.6. The summed E-state index contributed by atoms with van der Waals surface area (Å²) in [7, 11) is 0. The number of benzene rings is 1. The van der Waals surface area contributed by atoms with Crippen molar-refractivity contribution in [3.63, 3.8) is 0 Å². The molecule has 1 saturated heterocycles. The lowest BCUT2D eigenvalue weighted by atomic mass is 10.1. The van der Waals surface area contributed by atoms with Gasteiger partial charge in [-0.25, -0.2) is 0 Å². The molecule has 1 aliphatic heterocycles. The van der Waals surface area contributed by atoms with Crippen LogP contribution in [0, 0.1) is 6.92 Å². The van der Waals surface area contributed by atoms with Crippen molar-refractivity contribution in [3.8, 4) is 0 Å². The number of carbonyl (C=O) groups is 1. The molecule has 1 aromatic carbocycles. The van der Waals surface area contributed by atoms with Gasteiger partial charge in [-0.2, -0.15) is 0 Å². The SMILES string of the molecule is CCN1CCN(c2ccc(NC(=O)C=Cc3cccs3)cc2C)CC1. The summed E-state index contributed by atoms with van der Waals surface area (Å²) in [6, 6.07) is 10.1. The lowest BCUT2D eigenvalue weighted by molar-refractivity contribution is -0.111. The van der Waals surface area contributed by atoms with Crippen LogP contribution in [0.25, 0.3) is 6.08 Å². The van der Waals surface area contributed by atoms with Crippen LogP contribution in [0.4, 0.5) is 11.4 Å². The standard InChI is InChI=1S/C20H25N3OS/c1-3-22-10-12-23(13-11-22)19-8-6-17(15-16(19)2)21-20(24)9-7-18-5-4-14-25-18/h4-9,14-15H,3,10-13H2,1-2H3,(H,21,24). The number of carbonyl (C=O) groups excluding carboxylic acids is 1. The first-order valence-electron chi connectivity index (χ1n) is 8.76. The van der Waals surface area contributed by atoms with E-state index < -0.39 is 0 Å². The van der Waals surface area contributed by atoms with Gasteiger partial charge >= 0.3 is 0 Å². The molecule has 0 spiro atoms. The van der Waals surface area contributed by atoms with Crippen molar-refractivity contribution in [2.24, 2.45) is 0 Å². The van der Waals surface area contributed by atoms with Crippen molar-refractivity contribution >= 4 is 34.7 Å². The fourth-order valence-electron chi connectivity index (χ4n) is 3.12. The lowest BCUT2D eigenvalue weighted by Gasteiger charge is -2.36. The maximum Gasteiger partial charge on any atom is 0.248 e. The Balaban J connectivity index is 1.61. The van der Waals surface area contributed by atoms with Crippen molar-refractivity contribution in [3.05, 3.63) is 52.2 Å². The van der Waals surface area contributed by atoms with Gasteiger partial charge in [-0.05, 0) is 54.8 Å². The zero-order valence-electron chi connectivity index (χ0n) is 14.9. The molecule has 0 radical (unpaired) electrons. The van der Waals surface area contributed by atoms with Crippen molar-refractivity contribution < 1.29 is 4.79 Å². The van der Waals surface area contributed by atoms with Crippen LogP contribution in [0.2, 0.25) is 0 Å². The molecule has 0 saturated carbocycles. The molecule has 2 aromatic rings.